The monoisotopic (exact) mass is 516 g/mol. The maximum Gasteiger partial charge on any atom is 0.417 e. The molecule has 1 amide bonds. The fourth-order valence-electron chi connectivity index (χ4n) is 3.04. The van der Waals surface area contributed by atoms with Gasteiger partial charge in [-0.15, -0.1) is 0 Å². The molecule has 0 unspecified atom stereocenters. The quantitative estimate of drug-likeness (QED) is 0.426. The number of rotatable bonds is 6. The molecule has 174 valence electrons. The van der Waals surface area contributed by atoms with Crippen molar-refractivity contribution in [3.05, 3.63) is 87.9 Å². The summed E-state index contributed by atoms with van der Waals surface area (Å²) in [4.78, 5) is 12.7. The topological polar surface area (TPSA) is 66.5 Å². The molecule has 5 nitrogen and oxygen atoms in total. The predicted octanol–water partition coefficient (Wildman–Crippen LogP) is 6.15. The molecule has 0 spiro atoms. The SMILES string of the molecule is Cc1c(Cl)cccc1N(CC(=O)Nc1ccc(Cl)c(C(F)(F)F)c1)S(=O)(=O)c1ccccc1. The van der Waals surface area contributed by atoms with Gasteiger partial charge in [0, 0.05) is 10.7 Å². The van der Waals surface area contributed by atoms with Gasteiger partial charge in [-0.2, -0.15) is 13.2 Å². The Kier molecular flexibility index (Phi) is 7.26. The van der Waals surface area contributed by atoms with Crippen LogP contribution < -0.4 is 9.62 Å². The van der Waals surface area contributed by atoms with Gasteiger partial charge >= 0.3 is 6.18 Å². The third kappa shape index (κ3) is 5.61. The van der Waals surface area contributed by atoms with Gasteiger partial charge in [0.2, 0.25) is 5.91 Å². The second-order valence-corrected chi connectivity index (χ2v) is 9.63. The predicted molar refractivity (Wildman–Crippen MR) is 122 cm³/mol. The molecule has 0 saturated carbocycles. The first kappa shape index (κ1) is 24.9. The molecule has 0 bridgehead atoms. The number of sulfonamides is 1. The Labute approximate surface area is 198 Å². The van der Waals surface area contributed by atoms with Crippen molar-refractivity contribution in [2.45, 2.75) is 18.0 Å². The summed E-state index contributed by atoms with van der Waals surface area (Å²) in [5, 5.41) is 2.06. The third-order valence-electron chi connectivity index (χ3n) is 4.68. The average molecular weight is 517 g/mol. The lowest BCUT2D eigenvalue weighted by Crippen LogP contribution is -2.38. The van der Waals surface area contributed by atoms with Gasteiger partial charge in [0.25, 0.3) is 10.0 Å². The first-order chi connectivity index (χ1) is 15.4. The van der Waals surface area contributed by atoms with E-state index in [0.29, 0.717) is 11.6 Å². The zero-order valence-electron chi connectivity index (χ0n) is 17.0. The zero-order valence-corrected chi connectivity index (χ0v) is 19.4. The molecule has 0 saturated heterocycles. The number of anilines is 2. The minimum atomic E-state index is -4.72. The van der Waals surface area contributed by atoms with Crippen LogP contribution in [-0.4, -0.2) is 20.9 Å². The number of carbonyl (C=O) groups is 1. The van der Waals surface area contributed by atoms with Gasteiger partial charge in [-0.05, 0) is 55.0 Å². The second kappa shape index (κ2) is 9.62. The van der Waals surface area contributed by atoms with Crippen molar-refractivity contribution in [3.63, 3.8) is 0 Å². The Bertz CT molecular complexity index is 1280. The van der Waals surface area contributed by atoms with E-state index < -0.39 is 39.2 Å². The van der Waals surface area contributed by atoms with Crippen molar-refractivity contribution < 1.29 is 26.4 Å². The van der Waals surface area contributed by atoms with Crippen LogP contribution in [0, 0.1) is 6.92 Å². The van der Waals surface area contributed by atoms with Gasteiger partial charge in [0.05, 0.1) is 21.2 Å². The zero-order chi connectivity index (χ0) is 24.4. The summed E-state index contributed by atoms with van der Waals surface area (Å²) in [6.07, 6.45) is -4.72. The summed E-state index contributed by atoms with van der Waals surface area (Å²) >= 11 is 11.8. The van der Waals surface area contributed by atoms with E-state index in [4.69, 9.17) is 23.2 Å². The van der Waals surface area contributed by atoms with E-state index in [1.807, 2.05) is 0 Å². The van der Waals surface area contributed by atoms with Crippen LogP contribution in [-0.2, 0) is 21.0 Å². The maximum absolute atomic E-state index is 13.4. The minimum Gasteiger partial charge on any atom is -0.324 e. The van der Waals surface area contributed by atoms with Gasteiger partial charge < -0.3 is 5.32 Å². The van der Waals surface area contributed by atoms with E-state index in [2.05, 4.69) is 5.32 Å². The Balaban J connectivity index is 1.98. The lowest BCUT2D eigenvalue weighted by Gasteiger charge is -2.26. The summed E-state index contributed by atoms with van der Waals surface area (Å²) < 4.78 is 66.9. The van der Waals surface area contributed by atoms with Crippen molar-refractivity contribution in [3.8, 4) is 0 Å². The molecule has 0 aliphatic heterocycles. The molecule has 33 heavy (non-hydrogen) atoms. The van der Waals surface area contributed by atoms with Crippen molar-refractivity contribution in [2.24, 2.45) is 0 Å². The number of hydrogen-bond donors (Lipinski definition) is 1. The van der Waals surface area contributed by atoms with E-state index in [1.54, 1.807) is 19.1 Å². The number of nitrogens with one attached hydrogen (secondary N) is 1. The van der Waals surface area contributed by atoms with Gasteiger partial charge in [0.15, 0.2) is 0 Å². The summed E-state index contributed by atoms with van der Waals surface area (Å²) in [7, 11) is -4.21. The third-order valence-corrected chi connectivity index (χ3v) is 7.19. The summed E-state index contributed by atoms with van der Waals surface area (Å²) in [5.74, 6) is -0.857. The number of halogens is 5. The fraction of sp³-hybridized carbons (Fsp3) is 0.136. The summed E-state index contributed by atoms with van der Waals surface area (Å²) in [6.45, 7) is 0.889. The first-order valence-corrected chi connectivity index (χ1v) is 11.6. The molecule has 3 rings (SSSR count). The molecule has 1 N–H and O–H groups in total. The Morgan fingerprint density at radius 3 is 2.27 bits per heavy atom. The standard InChI is InChI=1S/C22H17Cl2F3N2O3S/c1-14-18(23)8-5-9-20(14)29(33(31,32)16-6-3-2-4-7-16)13-21(30)28-15-10-11-19(24)17(12-15)22(25,26)27/h2-12H,13H2,1H3,(H,28,30). The van der Waals surface area contributed by atoms with Crippen LogP contribution in [0.5, 0.6) is 0 Å². The van der Waals surface area contributed by atoms with Gasteiger partial charge in [-0.25, -0.2) is 8.42 Å². The normalized spacial score (nSPS) is 11.8. The lowest BCUT2D eigenvalue weighted by atomic mass is 10.2. The van der Waals surface area contributed by atoms with Crippen LogP contribution in [0.1, 0.15) is 11.1 Å². The molecule has 0 radical (unpaired) electrons. The number of alkyl halides is 3. The van der Waals surface area contributed by atoms with Gasteiger partial charge in [-0.3, -0.25) is 9.10 Å². The molecule has 0 heterocycles. The van der Waals surface area contributed by atoms with Crippen LogP contribution in [0.15, 0.2) is 71.6 Å². The van der Waals surface area contributed by atoms with Crippen LogP contribution in [0.25, 0.3) is 0 Å². The van der Waals surface area contributed by atoms with E-state index >= 15 is 0 Å². The van der Waals surface area contributed by atoms with E-state index in [1.165, 1.54) is 42.5 Å². The molecular formula is C22H17Cl2F3N2O3S. The number of nitrogens with zero attached hydrogens (tertiary/aromatic N) is 1. The van der Waals surface area contributed by atoms with E-state index in [-0.39, 0.29) is 21.3 Å². The highest BCUT2D eigenvalue weighted by molar-refractivity contribution is 7.92. The summed E-state index contributed by atoms with van der Waals surface area (Å²) in [5.41, 5.74) is -0.732. The van der Waals surface area contributed by atoms with Gasteiger partial charge in [-0.1, -0.05) is 47.5 Å². The number of benzene rings is 3. The Morgan fingerprint density at radius 2 is 1.64 bits per heavy atom. The molecule has 3 aromatic carbocycles. The maximum atomic E-state index is 13.4. The molecule has 0 aliphatic rings. The van der Waals surface area contributed by atoms with Crippen molar-refractivity contribution in [1.29, 1.82) is 0 Å². The summed E-state index contributed by atoms with van der Waals surface area (Å²) in [6, 6.07) is 14.9. The number of carbonyl (C=O) groups excluding carboxylic acids is 1. The average Bonchev–Trinajstić information content (AvgIpc) is 2.75. The van der Waals surface area contributed by atoms with Gasteiger partial charge in [0.1, 0.15) is 6.54 Å². The van der Waals surface area contributed by atoms with E-state index in [9.17, 15) is 26.4 Å². The molecule has 11 heteroatoms. The second-order valence-electron chi connectivity index (χ2n) is 6.95. The van der Waals surface area contributed by atoms with E-state index in [0.717, 1.165) is 10.4 Å². The molecular weight excluding hydrogens is 500 g/mol. The Hall–Kier alpha value is -2.75. The molecule has 0 fully saturated rings. The first-order valence-electron chi connectivity index (χ1n) is 9.41. The molecule has 0 atom stereocenters. The van der Waals surface area contributed by atoms with Crippen molar-refractivity contribution in [2.75, 3.05) is 16.2 Å². The van der Waals surface area contributed by atoms with Crippen molar-refractivity contribution >= 4 is 50.5 Å². The highest BCUT2D eigenvalue weighted by Gasteiger charge is 2.34. The highest BCUT2D eigenvalue weighted by Crippen LogP contribution is 2.36. The largest absolute Gasteiger partial charge is 0.417 e. The highest BCUT2D eigenvalue weighted by atomic mass is 35.5. The molecule has 0 aliphatic carbocycles. The van der Waals surface area contributed by atoms with Crippen LogP contribution in [0.2, 0.25) is 10.0 Å². The van der Waals surface area contributed by atoms with Crippen molar-refractivity contribution in [1.82, 2.24) is 0 Å². The van der Waals surface area contributed by atoms with Crippen LogP contribution in [0.3, 0.4) is 0 Å². The minimum absolute atomic E-state index is 0.0666. The fourth-order valence-corrected chi connectivity index (χ4v) is 4.93. The smallest absolute Gasteiger partial charge is 0.324 e. The molecule has 3 aromatic rings. The number of amides is 1. The Morgan fingerprint density at radius 1 is 0.970 bits per heavy atom. The lowest BCUT2D eigenvalue weighted by molar-refractivity contribution is -0.137. The number of hydrogen-bond acceptors (Lipinski definition) is 3. The van der Waals surface area contributed by atoms with Crippen LogP contribution in [0.4, 0.5) is 24.5 Å². The molecule has 0 aromatic heterocycles. The van der Waals surface area contributed by atoms with Crippen LogP contribution >= 0.6 is 23.2 Å².